The molecule has 0 aromatic carbocycles. The topological polar surface area (TPSA) is 56.7 Å². The average molecular weight is 357 g/mol. The number of carbonyl (C=O) groups excluding carboxylic acids is 1. The zero-order valence-corrected chi connectivity index (χ0v) is 17.1. The molecule has 0 bridgehead atoms. The third-order valence-corrected chi connectivity index (χ3v) is 6.19. The number of rotatable bonds is 7. The molecule has 0 aromatic heterocycles. The van der Waals surface area contributed by atoms with Gasteiger partial charge in [0.2, 0.25) is 5.91 Å². The fourth-order valence-corrected chi connectivity index (χ4v) is 3.11. The smallest absolute Gasteiger partial charge is 0.225 e. The molecule has 1 saturated heterocycles. The lowest BCUT2D eigenvalue weighted by Gasteiger charge is -2.35. The van der Waals surface area contributed by atoms with Gasteiger partial charge >= 0.3 is 0 Å². The Hall–Kier alpha value is -0.910. The second-order valence-corrected chi connectivity index (χ2v) is 8.66. The Balaban J connectivity index is 2.43. The highest BCUT2D eigenvalue weighted by Crippen LogP contribution is 2.20. The van der Waals surface area contributed by atoms with E-state index in [2.05, 4.69) is 49.6 Å². The molecule has 6 heteroatoms. The van der Waals surface area contributed by atoms with Gasteiger partial charge in [-0.05, 0) is 45.8 Å². The molecule has 140 valence electrons. The van der Waals surface area contributed by atoms with Gasteiger partial charge in [-0.25, -0.2) is 0 Å². The van der Waals surface area contributed by atoms with Crippen LogP contribution in [0.25, 0.3) is 0 Å². The standard InChI is InChI=1S/C18H36N4OS/c1-7-14(8-2)16(23)22-11-9-15(10-12-22)21-17(19-5)20-13-18(3,4)24-6/h14-15H,7-13H2,1-6H3,(H2,19,20,21). The lowest BCUT2D eigenvalue weighted by Crippen LogP contribution is -2.51. The van der Waals surface area contributed by atoms with Crippen molar-refractivity contribution < 1.29 is 4.79 Å². The number of piperidine rings is 1. The van der Waals surface area contributed by atoms with E-state index in [1.807, 2.05) is 23.7 Å². The highest BCUT2D eigenvalue weighted by molar-refractivity contribution is 7.99. The highest BCUT2D eigenvalue weighted by Gasteiger charge is 2.27. The Morgan fingerprint density at radius 2 is 1.88 bits per heavy atom. The van der Waals surface area contributed by atoms with Gasteiger partial charge in [-0.3, -0.25) is 9.79 Å². The molecule has 0 unspecified atom stereocenters. The van der Waals surface area contributed by atoms with E-state index in [-0.39, 0.29) is 10.7 Å². The van der Waals surface area contributed by atoms with Crippen LogP contribution in [0.2, 0.25) is 0 Å². The molecule has 5 nitrogen and oxygen atoms in total. The first-order valence-electron chi connectivity index (χ1n) is 9.18. The van der Waals surface area contributed by atoms with E-state index in [9.17, 15) is 4.79 Å². The Morgan fingerprint density at radius 1 is 1.29 bits per heavy atom. The SMILES string of the molecule is CCC(CC)C(=O)N1CCC(NC(=NC)NCC(C)(C)SC)CC1. The van der Waals surface area contributed by atoms with E-state index in [0.717, 1.165) is 51.3 Å². The van der Waals surface area contributed by atoms with Crippen molar-refractivity contribution in [3.63, 3.8) is 0 Å². The van der Waals surface area contributed by atoms with E-state index in [1.54, 1.807) is 0 Å². The van der Waals surface area contributed by atoms with Crippen molar-refractivity contribution in [2.45, 2.75) is 64.2 Å². The van der Waals surface area contributed by atoms with Crippen molar-refractivity contribution in [3.05, 3.63) is 0 Å². The third kappa shape index (κ3) is 6.54. The first-order chi connectivity index (χ1) is 11.4. The molecule has 0 atom stereocenters. The molecule has 0 aliphatic carbocycles. The first-order valence-corrected chi connectivity index (χ1v) is 10.4. The maximum Gasteiger partial charge on any atom is 0.225 e. The van der Waals surface area contributed by atoms with Crippen LogP contribution < -0.4 is 10.6 Å². The maximum absolute atomic E-state index is 12.5. The van der Waals surface area contributed by atoms with E-state index in [1.165, 1.54) is 0 Å². The number of thioether (sulfide) groups is 1. The van der Waals surface area contributed by atoms with Crippen LogP contribution in [0.4, 0.5) is 0 Å². The van der Waals surface area contributed by atoms with Crippen LogP contribution in [0, 0.1) is 5.92 Å². The number of nitrogens with zero attached hydrogens (tertiary/aromatic N) is 2. The summed E-state index contributed by atoms with van der Waals surface area (Å²) in [4.78, 5) is 18.8. The van der Waals surface area contributed by atoms with Crippen LogP contribution >= 0.6 is 11.8 Å². The quantitative estimate of drug-likeness (QED) is 0.544. The summed E-state index contributed by atoms with van der Waals surface area (Å²) in [6.45, 7) is 11.2. The largest absolute Gasteiger partial charge is 0.355 e. The van der Waals surface area contributed by atoms with Crippen LogP contribution in [0.3, 0.4) is 0 Å². The molecule has 1 aliphatic heterocycles. The summed E-state index contributed by atoms with van der Waals surface area (Å²) in [7, 11) is 1.81. The van der Waals surface area contributed by atoms with Crippen LogP contribution in [0.5, 0.6) is 0 Å². The number of amides is 1. The lowest BCUT2D eigenvalue weighted by molar-refractivity contribution is -0.136. The zero-order chi connectivity index (χ0) is 18.2. The number of likely N-dealkylation sites (tertiary alicyclic amines) is 1. The van der Waals surface area contributed by atoms with Gasteiger partial charge in [0.15, 0.2) is 5.96 Å². The molecule has 0 saturated carbocycles. The predicted octanol–water partition coefficient (Wildman–Crippen LogP) is 2.72. The van der Waals surface area contributed by atoms with Gasteiger partial charge in [-0.15, -0.1) is 0 Å². The van der Waals surface area contributed by atoms with Crippen LogP contribution in [-0.2, 0) is 4.79 Å². The summed E-state index contributed by atoms with van der Waals surface area (Å²) < 4.78 is 0.183. The van der Waals surface area contributed by atoms with Crippen molar-refractivity contribution >= 4 is 23.6 Å². The van der Waals surface area contributed by atoms with E-state index >= 15 is 0 Å². The van der Waals surface area contributed by atoms with E-state index < -0.39 is 0 Å². The number of hydrogen-bond donors (Lipinski definition) is 2. The number of aliphatic imine (C=N–C) groups is 1. The summed E-state index contributed by atoms with van der Waals surface area (Å²) in [5.41, 5.74) is 0. The Kier molecular flexibility index (Phi) is 8.95. The first kappa shape index (κ1) is 21.1. The summed E-state index contributed by atoms with van der Waals surface area (Å²) in [6.07, 6.45) is 5.98. The van der Waals surface area contributed by atoms with Crippen LogP contribution in [0.1, 0.15) is 53.4 Å². The fourth-order valence-electron chi connectivity index (χ4n) is 2.90. The molecule has 2 N–H and O–H groups in total. The average Bonchev–Trinajstić information content (AvgIpc) is 2.60. The van der Waals surface area contributed by atoms with Gasteiger partial charge in [0.25, 0.3) is 0 Å². The minimum absolute atomic E-state index is 0.183. The fraction of sp³-hybridized carbons (Fsp3) is 0.889. The number of hydrogen-bond acceptors (Lipinski definition) is 3. The Bertz CT molecular complexity index is 413. The van der Waals surface area contributed by atoms with E-state index in [0.29, 0.717) is 11.9 Å². The van der Waals surface area contributed by atoms with Crippen molar-refractivity contribution in [1.29, 1.82) is 0 Å². The Labute approximate surface area is 152 Å². The maximum atomic E-state index is 12.5. The van der Waals surface area contributed by atoms with Crippen molar-refractivity contribution in [2.75, 3.05) is 32.9 Å². The van der Waals surface area contributed by atoms with Crippen molar-refractivity contribution in [3.8, 4) is 0 Å². The highest BCUT2D eigenvalue weighted by atomic mass is 32.2. The summed E-state index contributed by atoms with van der Waals surface area (Å²) >= 11 is 1.85. The van der Waals surface area contributed by atoms with Gasteiger partial charge in [-0.2, -0.15) is 11.8 Å². The molecule has 1 amide bonds. The second kappa shape index (κ2) is 10.2. The molecular formula is C18H36N4OS. The normalized spacial score (nSPS) is 17.3. The number of nitrogens with one attached hydrogen (secondary N) is 2. The second-order valence-electron chi connectivity index (χ2n) is 7.15. The van der Waals surface area contributed by atoms with Gasteiger partial charge < -0.3 is 15.5 Å². The summed E-state index contributed by atoms with van der Waals surface area (Å²) in [5, 5.41) is 6.93. The predicted molar refractivity (Wildman–Crippen MR) is 106 cm³/mol. The lowest BCUT2D eigenvalue weighted by atomic mass is 9.98. The Morgan fingerprint density at radius 3 is 2.33 bits per heavy atom. The van der Waals surface area contributed by atoms with Gasteiger partial charge in [0.1, 0.15) is 0 Å². The molecule has 1 fully saturated rings. The molecular weight excluding hydrogens is 320 g/mol. The molecule has 1 aliphatic rings. The van der Waals surface area contributed by atoms with Crippen molar-refractivity contribution in [1.82, 2.24) is 15.5 Å². The molecule has 0 spiro atoms. The van der Waals surface area contributed by atoms with Crippen LogP contribution in [0.15, 0.2) is 4.99 Å². The molecule has 1 rings (SSSR count). The molecule has 0 radical (unpaired) electrons. The van der Waals surface area contributed by atoms with Gasteiger partial charge in [0.05, 0.1) is 0 Å². The van der Waals surface area contributed by atoms with Gasteiger partial charge in [0, 0.05) is 43.4 Å². The molecule has 24 heavy (non-hydrogen) atoms. The van der Waals surface area contributed by atoms with Crippen LogP contribution in [-0.4, -0.2) is 60.5 Å². The van der Waals surface area contributed by atoms with E-state index in [4.69, 9.17) is 0 Å². The molecule has 0 aromatic rings. The number of guanidine groups is 1. The minimum atomic E-state index is 0.183. The summed E-state index contributed by atoms with van der Waals surface area (Å²) in [5.74, 6) is 1.39. The number of carbonyl (C=O) groups is 1. The molecule has 1 heterocycles. The summed E-state index contributed by atoms with van der Waals surface area (Å²) in [6, 6.07) is 0.388. The zero-order valence-electron chi connectivity index (χ0n) is 16.3. The van der Waals surface area contributed by atoms with Crippen molar-refractivity contribution in [2.24, 2.45) is 10.9 Å². The monoisotopic (exact) mass is 356 g/mol. The van der Waals surface area contributed by atoms with Gasteiger partial charge in [-0.1, -0.05) is 13.8 Å². The third-order valence-electron chi connectivity index (χ3n) is 4.94. The minimum Gasteiger partial charge on any atom is -0.355 e.